The fraction of sp³-hybridized carbons (Fsp3) is 0.182. The molecule has 0 saturated heterocycles. The molecule has 0 aliphatic carbocycles. The average Bonchev–Trinajstić information content (AvgIpc) is 2.73. The summed E-state index contributed by atoms with van der Waals surface area (Å²) in [6, 6.07) is 11.5. The van der Waals surface area contributed by atoms with E-state index in [4.69, 9.17) is 16.3 Å². The summed E-state index contributed by atoms with van der Waals surface area (Å²) in [5.41, 5.74) is 0.436. The standard InChI is InChI=1S/C22H19ClF2N2O4S/c1-3-18(13-6-8-14(24)9-7-13)31-22-16(5-4-12-26-22)15-10-11-17(23)20(25)19(15)21(28)27-32(2,29)30/h4-12,18H,3H2,1-2H3,(H,27,28)/t18-/m0/s1. The number of halogens is 3. The second-order valence-electron chi connectivity index (χ2n) is 6.91. The van der Waals surface area contributed by atoms with Crippen LogP contribution in [-0.4, -0.2) is 25.6 Å². The lowest BCUT2D eigenvalue weighted by Gasteiger charge is -2.20. The Labute approximate surface area is 189 Å². The van der Waals surface area contributed by atoms with Crippen LogP contribution in [0.4, 0.5) is 8.78 Å². The van der Waals surface area contributed by atoms with Crippen molar-refractivity contribution in [3.63, 3.8) is 0 Å². The van der Waals surface area contributed by atoms with Gasteiger partial charge in [-0.1, -0.05) is 36.7 Å². The van der Waals surface area contributed by atoms with Crippen LogP contribution in [0.1, 0.15) is 35.4 Å². The van der Waals surface area contributed by atoms with E-state index in [0.29, 0.717) is 12.0 Å². The predicted molar refractivity (Wildman–Crippen MR) is 117 cm³/mol. The highest BCUT2D eigenvalue weighted by Gasteiger charge is 2.25. The Bertz CT molecular complexity index is 1250. The van der Waals surface area contributed by atoms with Gasteiger partial charge in [0.25, 0.3) is 5.91 Å². The first-order valence-corrected chi connectivity index (χ1v) is 11.7. The topological polar surface area (TPSA) is 85.4 Å². The number of hydrogen-bond donors (Lipinski definition) is 1. The van der Waals surface area contributed by atoms with Crippen molar-refractivity contribution in [1.82, 2.24) is 9.71 Å². The molecule has 1 N–H and O–H groups in total. The molecule has 10 heteroatoms. The van der Waals surface area contributed by atoms with Gasteiger partial charge in [0.05, 0.1) is 16.8 Å². The first-order chi connectivity index (χ1) is 15.1. The Kier molecular flexibility index (Phi) is 7.10. The van der Waals surface area contributed by atoms with Crippen molar-refractivity contribution in [2.45, 2.75) is 19.4 Å². The molecule has 0 radical (unpaired) electrons. The van der Waals surface area contributed by atoms with Gasteiger partial charge >= 0.3 is 0 Å². The van der Waals surface area contributed by atoms with Gasteiger partial charge in [-0.2, -0.15) is 0 Å². The summed E-state index contributed by atoms with van der Waals surface area (Å²) >= 11 is 5.85. The van der Waals surface area contributed by atoms with Crippen molar-refractivity contribution in [2.75, 3.05) is 6.26 Å². The molecule has 1 atom stereocenters. The maximum absolute atomic E-state index is 14.9. The summed E-state index contributed by atoms with van der Waals surface area (Å²) in [6.07, 6.45) is 2.24. The van der Waals surface area contributed by atoms with Crippen LogP contribution < -0.4 is 9.46 Å². The van der Waals surface area contributed by atoms with Crippen molar-refractivity contribution < 1.29 is 26.7 Å². The lowest BCUT2D eigenvalue weighted by Crippen LogP contribution is -2.30. The van der Waals surface area contributed by atoms with E-state index in [9.17, 15) is 22.0 Å². The van der Waals surface area contributed by atoms with E-state index in [0.717, 1.165) is 6.26 Å². The number of amides is 1. The maximum Gasteiger partial charge on any atom is 0.268 e. The number of nitrogens with zero attached hydrogens (tertiary/aromatic N) is 1. The largest absolute Gasteiger partial charge is 0.469 e. The molecule has 3 aromatic rings. The summed E-state index contributed by atoms with van der Waals surface area (Å²) in [5.74, 6) is -2.56. The zero-order valence-corrected chi connectivity index (χ0v) is 18.7. The Morgan fingerprint density at radius 3 is 2.44 bits per heavy atom. The smallest absolute Gasteiger partial charge is 0.268 e. The summed E-state index contributed by atoms with van der Waals surface area (Å²) in [5, 5.41) is -0.350. The molecule has 0 bridgehead atoms. The molecule has 0 aliphatic rings. The van der Waals surface area contributed by atoms with Crippen molar-refractivity contribution in [3.8, 4) is 17.0 Å². The second kappa shape index (κ2) is 9.62. The van der Waals surface area contributed by atoms with Gasteiger partial charge in [0, 0.05) is 17.3 Å². The molecule has 0 saturated carbocycles. The first-order valence-electron chi connectivity index (χ1n) is 9.48. The molecule has 1 heterocycles. The molecule has 0 unspecified atom stereocenters. The summed E-state index contributed by atoms with van der Waals surface area (Å²) < 4.78 is 59.0. The number of pyridine rings is 1. The predicted octanol–water partition coefficient (Wildman–Crippen LogP) is 4.90. The highest BCUT2D eigenvalue weighted by Crippen LogP contribution is 2.36. The molecule has 32 heavy (non-hydrogen) atoms. The van der Waals surface area contributed by atoms with Crippen LogP contribution in [0, 0.1) is 11.6 Å². The van der Waals surface area contributed by atoms with Crippen LogP contribution in [0.15, 0.2) is 54.7 Å². The third-order valence-electron chi connectivity index (χ3n) is 4.53. The van der Waals surface area contributed by atoms with Crippen LogP contribution >= 0.6 is 11.6 Å². The lowest BCUT2D eigenvalue weighted by molar-refractivity contribution is 0.0978. The Morgan fingerprint density at radius 2 is 1.81 bits per heavy atom. The van der Waals surface area contributed by atoms with Crippen molar-refractivity contribution >= 4 is 27.5 Å². The normalized spacial score (nSPS) is 12.3. The third kappa shape index (κ3) is 5.41. The Balaban J connectivity index is 2.09. The van der Waals surface area contributed by atoms with Gasteiger partial charge in [0.1, 0.15) is 11.9 Å². The second-order valence-corrected chi connectivity index (χ2v) is 9.07. The number of benzene rings is 2. The number of hydrogen-bond acceptors (Lipinski definition) is 5. The van der Waals surface area contributed by atoms with E-state index in [-0.39, 0.29) is 27.8 Å². The molecule has 6 nitrogen and oxygen atoms in total. The van der Waals surface area contributed by atoms with Crippen LogP contribution in [0.25, 0.3) is 11.1 Å². The van der Waals surface area contributed by atoms with Gasteiger partial charge in [-0.3, -0.25) is 4.79 Å². The van der Waals surface area contributed by atoms with Crippen molar-refractivity contribution in [2.24, 2.45) is 0 Å². The molecule has 1 aromatic heterocycles. The highest BCUT2D eigenvalue weighted by molar-refractivity contribution is 7.89. The molecule has 2 aromatic carbocycles. The molecule has 1 amide bonds. The van der Waals surface area contributed by atoms with E-state index in [1.807, 2.05) is 6.92 Å². The average molecular weight is 481 g/mol. The van der Waals surface area contributed by atoms with Gasteiger partial charge in [0.2, 0.25) is 15.9 Å². The molecule has 3 rings (SSSR count). The number of sulfonamides is 1. The maximum atomic E-state index is 14.9. The number of carbonyl (C=O) groups is 1. The van der Waals surface area contributed by atoms with Crippen molar-refractivity contribution in [1.29, 1.82) is 0 Å². The number of ether oxygens (including phenoxy) is 1. The monoisotopic (exact) mass is 480 g/mol. The molecule has 0 spiro atoms. The zero-order chi connectivity index (χ0) is 23.5. The van der Waals surface area contributed by atoms with E-state index >= 15 is 0 Å². The van der Waals surface area contributed by atoms with Crippen LogP contribution in [0.2, 0.25) is 5.02 Å². The molecular weight excluding hydrogens is 462 g/mol. The lowest BCUT2D eigenvalue weighted by atomic mass is 9.99. The summed E-state index contributed by atoms with van der Waals surface area (Å²) in [4.78, 5) is 16.8. The summed E-state index contributed by atoms with van der Waals surface area (Å²) in [6.45, 7) is 1.86. The minimum Gasteiger partial charge on any atom is -0.469 e. The Hall–Kier alpha value is -3.04. The number of rotatable bonds is 7. The fourth-order valence-corrected chi connectivity index (χ4v) is 3.70. The number of nitrogens with one attached hydrogen (secondary N) is 1. The minimum atomic E-state index is -3.96. The minimum absolute atomic E-state index is 0.0464. The van der Waals surface area contributed by atoms with Gasteiger partial charge in [-0.15, -0.1) is 0 Å². The number of carbonyl (C=O) groups excluding carboxylic acids is 1. The fourth-order valence-electron chi connectivity index (χ4n) is 3.11. The number of aromatic nitrogens is 1. The molecular formula is C22H19ClF2N2O4S. The van der Waals surface area contributed by atoms with Crippen LogP contribution in [0.3, 0.4) is 0 Å². The van der Waals surface area contributed by atoms with Gasteiger partial charge in [0.15, 0.2) is 5.82 Å². The van der Waals surface area contributed by atoms with E-state index in [2.05, 4.69) is 4.98 Å². The SMILES string of the molecule is CC[C@H](Oc1ncccc1-c1ccc(Cl)c(F)c1C(=O)NS(C)(=O)=O)c1ccc(F)cc1. The van der Waals surface area contributed by atoms with Crippen LogP contribution in [-0.2, 0) is 10.0 Å². The van der Waals surface area contributed by atoms with Gasteiger partial charge in [-0.25, -0.2) is 26.9 Å². The first kappa shape index (κ1) is 23.6. The highest BCUT2D eigenvalue weighted by atomic mass is 35.5. The van der Waals surface area contributed by atoms with Crippen LogP contribution in [0.5, 0.6) is 5.88 Å². The molecule has 0 fully saturated rings. The quantitative estimate of drug-likeness (QED) is 0.520. The third-order valence-corrected chi connectivity index (χ3v) is 5.38. The Morgan fingerprint density at radius 1 is 1.12 bits per heavy atom. The zero-order valence-electron chi connectivity index (χ0n) is 17.1. The van der Waals surface area contributed by atoms with Gasteiger partial charge < -0.3 is 4.74 Å². The molecule has 0 aliphatic heterocycles. The van der Waals surface area contributed by atoms with E-state index < -0.39 is 33.4 Å². The molecule has 168 valence electrons. The summed E-state index contributed by atoms with van der Waals surface area (Å²) in [7, 11) is -3.96. The van der Waals surface area contributed by atoms with E-state index in [1.165, 1.54) is 30.5 Å². The van der Waals surface area contributed by atoms with Gasteiger partial charge in [-0.05, 0) is 42.3 Å². The van der Waals surface area contributed by atoms with E-state index in [1.54, 1.807) is 29.0 Å². The van der Waals surface area contributed by atoms with Crippen molar-refractivity contribution in [3.05, 3.63) is 82.5 Å².